The second-order valence-electron chi connectivity index (χ2n) is 9.91. The van der Waals surface area contributed by atoms with Gasteiger partial charge in [-0.15, -0.1) is 0 Å². The van der Waals surface area contributed by atoms with E-state index in [1.165, 1.54) is 12.5 Å². The van der Waals surface area contributed by atoms with Gasteiger partial charge in [0.15, 0.2) is 0 Å². The van der Waals surface area contributed by atoms with Gasteiger partial charge in [0.2, 0.25) is 5.91 Å². The number of nitrogens with zero attached hydrogens (tertiary/aromatic N) is 3. The van der Waals surface area contributed by atoms with Gasteiger partial charge >= 0.3 is 0 Å². The lowest BCUT2D eigenvalue weighted by Crippen LogP contribution is -2.34. The van der Waals surface area contributed by atoms with E-state index in [-0.39, 0.29) is 11.3 Å². The molecule has 0 saturated carbocycles. The predicted molar refractivity (Wildman–Crippen MR) is 128 cm³/mol. The van der Waals surface area contributed by atoms with Crippen molar-refractivity contribution in [1.29, 1.82) is 0 Å². The maximum Gasteiger partial charge on any atom is 0.222 e. The van der Waals surface area contributed by atoms with Crippen LogP contribution in [0, 0.1) is 5.92 Å². The Hall–Kier alpha value is -2.97. The number of aromatic nitrogens is 3. The van der Waals surface area contributed by atoms with Crippen molar-refractivity contribution in [3.8, 4) is 17.0 Å². The second-order valence-corrected chi connectivity index (χ2v) is 9.91. The van der Waals surface area contributed by atoms with Crippen molar-refractivity contribution in [2.45, 2.75) is 38.0 Å². The molecule has 5 heterocycles. The van der Waals surface area contributed by atoms with Gasteiger partial charge in [0.1, 0.15) is 11.6 Å². The molecule has 1 N–H and O–H groups in total. The molecule has 0 radical (unpaired) electrons. The molecular weight excluding hydrogens is 432 g/mol. The van der Waals surface area contributed by atoms with Crippen molar-refractivity contribution in [3.05, 3.63) is 35.8 Å². The zero-order valence-corrected chi connectivity index (χ0v) is 19.7. The molecule has 8 nitrogen and oxygen atoms in total. The highest BCUT2D eigenvalue weighted by atomic mass is 16.5. The maximum atomic E-state index is 11.6. The van der Waals surface area contributed by atoms with Crippen molar-refractivity contribution >= 4 is 22.6 Å². The number of ether oxygens (including phenoxy) is 3. The topological polar surface area (TPSA) is 87.5 Å². The molecule has 3 aromatic heterocycles. The van der Waals surface area contributed by atoms with Crippen molar-refractivity contribution in [2.75, 3.05) is 38.4 Å². The van der Waals surface area contributed by atoms with Crippen molar-refractivity contribution in [2.24, 2.45) is 13.0 Å². The number of hydrogen-bond donors (Lipinski definition) is 1. The zero-order chi connectivity index (χ0) is 23.3. The number of amides is 1. The Labute approximate surface area is 198 Å². The summed E-state index contributed by atoms with van der Waals surface area (Å²) in [4.78, 5) is 21.3. The third-order valence-electron chi connectivity index (χ3n) is 7.41. The second kappa shape index (κ2) is 8.36. The first kappa shape index (κ1) is 21.6. The van der Waals surface area contributed by atoms with Crippen molar-refractivity contribution in [1.82, 2.24) is 14.5 Å². The summed E-state index contributed by atoms with van der Waals surface area (Å²) in [6.45, 7) is 5.17. The molecule has 6 rings (SSSR count). The number of nitrogens with one attached hydrogen (secondary N) is 1. The van der Waals surface area contributed by atoms with E-state index in [0.29, 0.717) is 18.3 Å². The molecule has 2 fully saturated rings. The molecule has 1 atom stereocenters. The van der Waals surface area contributed by atoms with Crippen LogP contribution in [-0.4, -0.2) is 53.5 Å². The molecular formula is C26H30N4O4. The van der Waals surface area contributed by atoms with Gasteiger partial charge in [0, 0.05) is 60.7 Å². The number of pyridine rings is 2. The Morgan fingerprint density at radius 2 is 2.18 bits per heavy atom. The van der Waals surface area contributed by atoms with Crippen LogP contribution in [0.5, 0.6) is 5.75 Å². The molecule has 3 aromatic rings. The van der Waals surface area contributed by atoms with E-state index in [2.05, 4.69) is 27.1 Å². The van der Waals surface area contributed by atoms with Crippen molar-refractivity contribution < 1.29 is 19.0 Å². The molecule has 3 aliphatic rings. The lowest BCUT2D eigenvalue weighted by molar-refractivity contribution is -0.114. The number of carbonyl (C=O) groups is 1. The summed E-state index contributed by atoms with van der Waals surface area (Å²) in [5, 5.41) is 3.80. The fourth-order valence-electron chi connectivity index (χ4n) is 5.53. The number of hydrogen-bond acceptors (Lipinski definition) is 6. The van der Waals surface area contributed by atoms with Crippen LogP contribution in [0.2, 0.25) is 0 Å². The third kappa shape index (κ3) is 3.65. The number of anilines is 1. The third-order valence-corrected chi connectivity index (χ3v) is 7.41. The zero-order valence-electron chi connectivity index (χ0n) is 19.7. The van der Waals surface area contributed by atoms with Gasteiger partial charge in [-0.05, 0) is 31.7 Å². The fourth-order valence-corrected chi connectivity index (χ4v) is 5.53. The van der Waals surface area contributed by atoms with E-state index >= 15 is 0 Å². The minimum Gasteiger partial charge on any atom is -0.493 e. The van der Waals surface area contributed by atoms with Gasteiger partial charge in [-0.25, -0.2) is 4.98 Å². The van der Waals surface area contributed by atoms with Gasteiger partial charge in [0.05, 0.1) is 49.5 Å². The summed E-state index contributed by atoms with van der Waals surface area (Å²) < 4.78 is 19.7. The standard InChI is InChI=1S/C26H30N4O4/c1-16(31)28-24-8-19-20(11-30(2)22(19)10-27-24)21-9-23(34-14-17-12-33-13-17)18-4-3-5-26(25(18)29-21)6-7-32-15-26/h8-11,17H,3-7,12-15H2,1-2H3,(H,27,28,31). The van der Waals surface area contributed by atoms with Crippen molar-refractivity contribution in [3.63, 3.8) is 0 Å². The highest BCUT2D eigenvalue weighted by Crippen LogP contribution is 2.46. The predicted octanol–water partition coefficient (Wildman–Crippen LogP) is 3.61. The number of rotatable bonds is 5. The first-order valence-electron chi connectivity index (χ1n) is 12.1. The normalized spacial score (nSPS) is 22.1. The summed E-state index contributed by atoms with van der Waals surface area (Å²) in [6, 6.07) is 4.02. The van der Waals surface area contributed by atoms with Gasteiger partial charge in [0.25, 0.3) is 0 Å². The Kier molecular flexibility index (Phi) is 5.30. The van der Waals surface area contributed by atoms with E-state index < -0.39 is 0 Å². The molecule has 8 heteroatoms. The van der Waals surface area contributed by atoms with E-state index in [1.807, 2.05) is 13.1 Å². The molecule has 1 unspecified atom stereocenters. The molecule has 1 aliphatic carbocycles. The van der Waals surface area contributed by atoms with Gasteiger partial charge in [-0.1, -0.05) is 0 Å². The molecule has 34 heavy (non-hydrogen) atoms. The van der Waals surface area contributed by atoms with Crippen LogP contribution >= 0.6 is 0 Å². The SMILES string of the molecule is CC(=O)Nc1cc2c(-c3cc(OCC4COC4)c4c(n3)C3(CCC4)CCOC3)cn(C)c2cn1. The highest BCUT2D eigenvalue weighted by Gasteiger charge is 2.43. The van der Waals surface area contributed by atoms with E-state index in [4.69, 9.17) is 19.2 Å². The Balaban J connectivity index is 1.49. The van der Waals surface area contributed by atoms with Crippen LogP contribution in [-0.2, 0) is 33.2 Å². The van der Waals surface area contributed by atoms with Gasteiger partial charge in [-0.2, -0.15) is 0 Å². The van der Waals surface area contributed by atoms with Gasteiger partial charge < -0.3 is 24.1 Å². The first-order chi connectivity index (χ1) is 16.5. The van der Waals surface area contributed by atoms with Crippen LogP contribution < -0.4 is 10.1 Å². The molecule has 1 spiro atoms. The lowest BCUT2D eigenvalue weighted by atomic mass is 9.72. The molecule has 2 saturated heterocycles. The van der Waals surface area contributed by atoms with Crippen LogP contribution in [0.15, 0.2) is 24.5 Å². The average Bonchev–Trinajstić information content (AvgIpc) is 3.38. The largest absolute Gasteiger partial charge is 0.493 e. The van der Waals surface area contributed by atoms with E-state index in [0.717, 1.165) is 85.7 Å². The van der Waals surface area contributed by atoms with Crippen LogP contribution in [0.3, 0.4) is 0 Å². The molecule has 1 amide bonds. The Morgan fingerprint density at radius 1 is 1.29 bits per heavy atom. The monoisotopic (exact) mass is 462 g/mol. The molecule has 0 bridgehead atoms. The minimum absolute atomic E-state index is 0.0330. The average molecular weight is 463 g/mol. The number of aryl methyl sites for hydroxylation is 1. The Morgan fingerprint density at radius 3 is 2.91 bits per heavy atom. The summed E-state index contributed by atoms with van der Waals surface area (Å²) in [5.41, 5.74) is 5.22. The fraction of sp³-hybridized carbons (Fsp3) is 0.500. The summed E-state index contributed by atoms with van der Waals surface area (Å²) in [6.07, 6.45) is 8.08. The smallest absolute Gasteiger partial charge is 0.222 e. The van der Waals surface area contributed by atoms with Crippen LogP contribution in [0.25, 0.3) is 22.2 Å². The molecule has 2 aliphatic heterocycles. The Bertz CT molecular complexity index is 1260. The summed E-state index contributed by atoms with van der Waals surface area (Å²) >= 11 is 0. The minimum atomic E-state index is -0.143. The lowest BCUT2D eigenvalue weighted by Gasteiger charge is -2.35. The van der Waals surface area contributed by atoms with Gasteiger partial charge in [-0.3, -0.25) is 9.78 Å². The first-order valence-corrected chi connectivity index (χ1v) is 12.1. The van der Waals surface area contributed by atoms with Crippen LogP contribution in [0.4, 0.5) is 5.82 Å². The molecule has 178 valence electrons. The number of carbonyl (C=O) groups excluding carboxylic acids is 1. The number of fused-ring (bicyclic) bond motifs is 3. The van der Waals surface area contributed by atoms with Crippen LogP contribution in [0.1, 0.15) is 37.4 Å². The summed E-state index contributed by atoms with van der Waals surface area (Å²) in [5.74, 6) is 1.78. The maximum absolute atomic E-state index is 11.6. The molecule has 0 aromatic carbocycles. The van der Waals surface area contributed by atoms with E-state index in [1.54, 1.807) is 6.20 Å². The summed E-state index contributed by atoms with van der Waals surface area (Å²) in [7, 11) is 2.00. The highest BCUT2D eigenvalue weighted by molar-refractivity contribution is 5.98. The quantitative estimate of drug-likeness (QED) is 0.623. The van der Waals surface area contributed by atoms with E-state index in [9.17, 15) is 4.79 Å².